The van der Waals surface area contributed by atoms with Crippen molar-refractivity contribution in [3.8, 4) is 11.5 Å². The molecule has 1 unspecified atom stereocenters. The molecule has 34 heavy (non-hydrogen) atoms. The van der Waals surface area contributed by atoms with E-state index in [1.807, 2.05) is 32.0 Å². The molecule has 1 saturated heterocycles. The van der Waals surface area contributed by atoms with Gasteiger partial charge in [-0.1, -0.05) is 26.3 Å². The lowest BCUT2D eigenvalue weighted by molar-refractivity contribution is -0.159. The maximum Gasteiger partial charge on any atom is 0.303 e. The van der Waals surface area contributed by atoms with Crippen molar-refractivity contribution >= 4 is 11.9 Å². The molecular weight excluding hydrogens is 434 g/mol. The minimum atomic E-state index is -0.786. The molecular formula is C27H41NO6. The number of hydrogen-bond donors (Lipinski definition) is 1. The van der Waals surface area contributed by atoms with E-state index in [9.17, 15) is 14.7 Å². The smallest absolute Gasteiger partial charge is 0.303 e. The number of hydrogen-bond acceptors (Lipinski definition) is 6. The zero-order valence-electron chi connectivity index (χ0n) is 21.3. The Kier molecular flexibility index (Phi) is 8.85. The highest BCUT2D eigenvalue weighted by atomic mass is 16.5. The molecule has 1 aliphatic heterocycles. The van der Waals surface area contributed by atoms with E-state index >= 15 is 0 Å². The maximum atomic E-state index is 13.4. The van der Waals surface area contributed by atoms with E-state index in [4.69, 9.17) is 14.2 Å². The van der Waals surface area contributed by atoms with Crippen LogP contribution in [-0.4, -0.2) is 60.4 Å². The van der Waals surface area contributed by atoms with Gasteiger partial charge in [-0.2, -0.15) is 0 Å². The fraction of sp³-hybridized carbons (Fsp3) is 0.704. The number of ether oxygens (including phenoxy) is 3. The van der Waals surface area contributed by atoms with Gasteiger partial charge in [0.1, 0.15) is 0 Å². The Labute approximate surface area is 203 Å². The molecule has 1 heterocycles. The van der Waals surface area contributed by atoms with E-state index in [1.165, 1.54) is 19.8 Å². The van der Waals surface area contributed by atoms with Crippen LogP contribution in [0.1, 0.15) is 84.1 Å². The first-order valence-corrected chi connectivity index (χ1v) is 12.7. The summed E-state index contributed by atoms with van der Waals surface area (Å²) in [5.74, 6) is 0.666. The highest BCUT2D eigenvalue weighted by Crippen LogP contribution is 2.47. The van der Waals surface area contributed by atoms with Crippen LogP contribution in [0.4, 0.5) is 0 Å². The lowest BCUT2D eigenvalue weighted by Crippen LogP contribution is -2.42. The standard InChI is InChI=1S/C27H41NO6/c1-6-7-12-24(33-19(3)30)26(31)28-16-22(27(4,17-28)18(2)29)20-13-14-23(32-5)25(15-20)34-21-10-8-9-11-21/h13-15,18,21-22,24,29H,6-12,16-17H2,1-5H3/t18-,22+,24?,27+/m1/s1. The number of nitrogens with zero attached hydrogens (tertiary/aromatic N) is 1. The zero-order valence-corrected chi connectivity index (χ0v) is 21.3. The number of rotatable bonds is 10. The molecule has 1 aromatic carbocycles. The minimum absolute atomic E-state index is 0.0996. The Morgan fingerprint density at radius 3 is 2.53 bits per heavy atom. The van der Waals surface area contributed by atoms with E-state index < -0.39 is 23.6 Å². The van der Waals surface area contributed by atoms with Crippen LogP contribution in [0, 0.1) is 5.41 Å². The molecule has 1 aromatic rings. The Morgan fingerprint density at radius 1 is 1.24 bits per heavy atom. The van der Waals surface area contributed by atoms with Crippen molar-refractivity contribution in [2.45, 2.75) is 96.9 Å². The van der Waals surface area contributed by atoms with Gasteiger partial charge < -0.3 is 24.2 Å². The first-order chi connectivity index (χ1) is 16.2. The number of carbonyl (C=O) groups excluding carboxylic acids is 2. The molecule has 0 bridgehead atoms. The number of likely N-dealkylation sites (tertiary alicyclic amines) is 1. The molecule has 1 saturated carbocycles. The predicted molar refractivity (Wildman–Crippen MR) is 130 cm³/mol. The van der Waals surface area contributed by atoms with Crippen LogP contribution in [0.15, 0.2) is 18.2 Å². The summed E-state index contributed by atoms with van der Waals surface area (Å²) in [7, 11) is 1.64. The average molecular weight is 476 g/mol. The Bertz CT molecular complexity index is 850. The summed E-state index contributed by atoms with van der Waals surface area (Å²) >= 11 is 0. The number of benzene rings is 1. The third kappa shape index (κ3) is 5.85. The van der Waals surface area contributed by atoms with Gasteiger partial charge in [0.05, 0.1) is 19.3 Å². The van der Waals surface area contributed by atoms with Crippen molar-refractivity contribution in [1.29, 1.82) is 0 Å². The molecule has 1 N–H and O–H groups in total. The minimum Gasteiger partial charge on any atom is -0.493 e. The molecule has 1 amide bonds. The van der Waals surface area contributed by atoms with E-state index in [1.54, 1.807) is 18.9 Å². The first kappa shape index (κ1) is 26.3. The van der Waals surface area contributed by atoms with Crippen LogP contribution in [-0.2, 0) is 14.3 Å². The second-order valence-corrected chi connectivity index (χ2v) is 10.1. The number of carbonyl (C=O) groups is 2. The number of amides is 1. The van der Waals surface area contributed by atoms with Crippen LogP contribution >= 0.6 is 0 Å². The summed E-state index contributed by atoms with van der Waals surface area (Å²) in [6.45, 7) is 8.01. The van der Waals surface area contributed by atoms with Crippen molar-refractivity contribution in [2.75, 3.05) is 20.2 Å². The molecule has 7 nitrogen and oxygen atoms in total. The van der Waals surface area contributed by atoms with Gasteiger partial charge in [0.2, 0.25) is 0 Å². The Hall–Kier alpha value is -2.28. The van der Waals surface area contributed by atoms with E-state index in [0.717, 1.165) is 31.2 Å². The van der Waals surface area contributed by atoms with Gasteiger partial charge in [-0.05, 0) is 63.1 Å². The van der Waals surface area contributed by atoms with Gasteiger partial charge in [-0.15, -0.1) is 0 Å². The summed E-state index contributed by atoms with van der Waals surface area (Å²) < 4.78 is 17.2. The molecule has 3 rings (SSSR count). The van der Waals surface area contributed by atoms with Gasteiger partial charge >= 0.3 is 5.97 Å². The zero-order chi connectivity index (χ0) is 24.9. The lowest BCUT2D eigenvalue weighted by atomic mass is 9.72. The Balaban J connectivity index is 1.87. The second kappa shape index (κ2) is 11.4. The topological polar surface area (TPSA) is 85.3 Å². The molecule has 4 atom stereocenters. The molecule has 1 aliphatic carbocycles. The number of esters is 1. The van der Waals surface area contributed by atoms with E-state index in [-0.39, 0.29) is 17.9 Å². The summed E-state index contributed by atoms with van der Waals surface area (Å²) in [6, 6.07) is 5.92. The number of unbranched alkanes of at least 4 members (excludes halogenated alkanes) is 1. The highest BCUT2D eigenvalue weighted by Gasteiger charge is 2.49. The van der Waals surface area contributed by atoms with E-state index in [0.29, 0.717) is 31.0 Å². The van der Waals surface area contributed by atoms with Crippen molar-refractivity contribution in [2.24, 2.45) is 5.41 Å². The third-order valence-electron chi connectivity index (χ3n) is 7.59. The second-order valence-electron chi connectivity index (χ2n) is 10.1. The normalized spacial score (nSPS) is 24.6. The molecule has 0 aromatic heterocycles. The van der Waals surface area contributed by atoms with Crippen molar-refractivity contribution in [3.05, 3.63) is 23.8 Å². The van der Waals surface area contributed by atoms with Crippen molar-refractivity contribution < 1.29 is 28.9 Å². The average Bonchev–Trinajstić information content (AvgIpc) is 3.44. The number of methoxy groups -OCH3 is 1. The van der Waals surface area contributed by atoms with Gasteiger partial charge in [-0.25, -0.2) is 0 Å². The summed E-state index contributed by atoms with van der Waals surface area (Å²) in [5, 5.41) is 10.8. The molecule has 2 aliphatic rings. The van der Waals surface area contributed by atoms with Crippen LogP contribution in [0.2, 0.25) is 0 Å². The fourth-order valence-corrected chi connectivity index (χ4v) is 5.31. The Morgan fingerprint density at radius 2 is 1.94 bits per heavy atom. The lowest BCUT2D eigenvalue weighted by Gasteiger charge is -2.34. The van der Waals surface area contributed by atoms with Crippen molar-refractivity contribution in [1.82, 2.24) is 4.90 Å². The van der Waals surface area contributed by atoms with Crippen LogP contribution in [0.3, 0.4) is 0 Å². The first-order valence-electron chi connectivity index (χ1n) is 12.7. The van der Waals surface area contributed by atoms with Gasteiger partial charge in [-0.3, -0.25) is 9.59 Å². The van der Waals surface area contributed by atoms with Crippen molar-refractivity contribution in [3.63, 3.8) is 0 Å². The number of aliphatic hydroxyl groups excluding tert-OH is 1. The molecule has 2 fully saturated rings. The van der Waals surface area contributed by atoms with Gasteiger partial charge in [0.25, 0.3) is 5.91 Å². The van der Waals surface area contributed by atoms with E-state index in [2.05, 4.69) is 0 Å². The SMILES string of the molecule is CCCCC(OC(C)=O)C(=O)N1C[C@@H](c2ccc(OC)c(OC3CCCC3)c2)[C@](C)([C@@H](C)O)C1. The predicted octanol–water partition coefficient (Wildman–Crippen LogP) is 4.45. The van der Waals surface area contributed by atoms with Crippen LogP contribution in [0.25, 0.3) is 0 Å². The third-order valence-corrected chi connectivity index (χ3v) is 7.59. The summed E-state index contributed by atoms with van der Waals surface area (Å²) in [5.41, 5.74) is 0.450. The molecule has 0 spiro atoms. The van der Waals surface area contributed by atoms with Gasteiger partial charge in [0.15, 0.2) is 17.6 Å². The van der Waals surface area contributed by atoms with Crippen LogP contribution in [0.5, 0.6) is 11.5 Å². The largest absolute Gasteiger partial charge is 0.493 e. The summed E-state index contributed by atoms with van der Waals surface area (Å²) in [6.07, 6.45) is 5.41. The molecule has 7 heteroatoms. The maximum absolute atomic E-state index is 13.4. The monoisotopic (exact) mass is 475 g/mol. The van der Waals surface area contributed by atoms with Crippen LogP contribution < -0.4 is 9.47 Å². The highest BCUT2D eigenvalue weighted by molar-refractivity contribution is 5.84. The molecule has 0 radical (unpaired) electrons. The molecule has 190 valence electrons. The number of aliphatic hydroxyl groups is 1. The van der Waals surface area contributed by atoms with Gasteiger partial charge in [0, 0.05) is 31.3 Å². The summed E-state index contributed by atoms with van der Waals surface area (Å²) in [4.78, 5) is 26.8. The fourth-order valence-electron chi connectivity index (χ4n) is 5.31. The quantitative estimate of drug-likeness (QED) is 0.503.